The van der Waals surface area contributed by atoms with Gasteiger partial charge in [0, 0.05) is 52.1 Å². The van der Waals surface area contributed by atoms with Gasteiger partial charge in [-0.3, -0.25) is 19.4 Å². The number of hydrogen-bond donors (Lipinski definition) is 0. The predicted octanol–water partition coefficient (Wildman–Crippen LogP) is 1.10. The zero-order valence-electron chi connectivity index (χ0n) is 13.5. The van der Waals surface area contributed by atoms with E-state index in [0.717, 1.165) is 43.8 Å². The lowest BCUT2D eigenvalue weighted by atomic mass is 10.3. The maximum absolute atomic E-state index is 11.6. The number of anilines is 1. The lowest BCUT2D eigenvalue weighted by molar-refractivity contribution is -0.138. The Morgan fingerprint density at radius 1 is 0.958 bits per heavy atom. The lowest BCUT2D eigenvalue weighted by Gasteiger charge is -2.34. The van der Waals surface area contributed by atoms with E-state index in [9.17, 15) is 9.59 Å². The molecular formula is C17H20N4O3. The highest BCUT2D eigenvalue weighted by molar-refractivity contribution is 6.01. The molecule has 2 aliphatic rings. The first-order valence-corrected chi connectivity index (χ1v) is 8.37. The minimum Gasteiger partial charge on any atom is -0.423 e. The van der Waals surface area contributed by atoms with Crippen LogP contribution in [-0.4, -0.2) is 65.9 Å². The fraction of sp³-hybridized carbons (Fsp3) is 0.471. The number of hydrogen-bond acceptors (Lipinski definition) is 6. The topological polar surface area (TPSA) is 69.9 Å². The summed E-state index contributed by atoms with van der Waals surface area (Å²) >= 11 is 0. The molecule has 2 aliphatic heterocycles. The van der Waals surface area contributed by atoms with E-state index in [2.05, 4.69) is 14.8 Å². The van der Waals surface area contributed by atoms with Gasteiger partial charge in [0.25, 0.3) is 6.01 Å². The van der Waals surface area contributed by atoms with Gasteiger partial charge in [-0.1, -0.05) is 12.1 Å². The molecule has 2 amide bonds. The molecule has 2 saturated heterocycles. The number of carbonyl (C=O) groups is 2. The Hall–Kier alpha value is -2.41. The van der Waals surface area contributed by atoms with Crippen LogP contribution in [0.2, 0.25) is 0 Å². The van der Waals surface area contributed by atoms with E-state index in [1.165, 1.54) is 4.90 Å². The van der Waals surface area contributed by atoms with E-state index in [0.29, 0.717) is 25.4 Å². The molecule has 4 rings (SSSR count). The number of imide groups is 1. The third-order valence-corrected chi connectivity index (χ3v) is 4.72. The van der Waals surface area contributed by atoms with Crippen molar-refractivity contribution >= 4 is 28.9 Å². The van der Waals surface area contributed by atoms with Crippen molar-refractivity contribution in [2.45, 2.75) is 12.8 Å². The molecular weight excluding hydrogens is 308 g/mol. The van der Waals surface area contributed by atoms with Crippen LogP contribution in [-0.2, 0) is 9.59 Å². The molecule has 1 aromatic carbocycles. The predicted molar refractivity (Wildman–Crippen MR) is 88.6 cm³/mol. The molecule has 24 heavy (non-hydrogen) atoms. The Morgan fingerprint density at radius 2 is 1.67 bits per heavy atom. The van der Waals surface area contributed by atoms with E-state index in [1.807, 2.05) is 24.3 Å². The number of nitrogens with zero attached hydrogens (tertiary/aromatic N) is 4. The highest BCUT2D eigenvalue weighted by Gasteiger charge is 2.29. The van der Waals surface area contributed by atoms with E-state index < -0.39 is 0 Å². The second-order valence-corrected chi connectivity index (χ2v) is 6.23. The van der Waals surface area contributed by atoms with Gasteiger partial charge in [0.15, 0.2) is 5.58 Å². The van der Waals surface area contributed by atoms with Gasteiger partial charge in [-0.05, 0) is 12.1 Å². The minimum absolute atomic E-state index is 0.0369. The van der Waals surface area contributed by atoms with Crippen LogP contribution in [0.4, 0.5) is 6.01 Å². The monoisotopic (exact) mass is 328 g/mol. The molecule has 3 heterocycles. The van der Waals surface area contributed by atoms with Gasteiger partial charge in [0.2, 0.25) is 11.8 Å². The summed E-state index contributed by atoms with van der Waals surface area (Å²) in [6.07, 6.45) is 0.731. The molecule has 0 atom stereocenters. The van der Waals surface area contributed by atoms with Gasteiger partial charge in [0.05, 0.1) is 0 Å². The molecule has 0 radical (unpaired) electrons. The lowest BCUT2D eigenvalue weighted by Crippen LogP contribution is -2.49. The largest absolute Gasteiger partial charge is 0.423 e. The molecule has 0 N–H and O–H groups in total. The highest BCUT2D eigenvalue weighted by atomic mass is 16.4. The number of piperazine rings is 1. The molecule has 0 spiro atoms. The van der Waals surface area contributed by atoms with Gasteiger partial charge in [-0.15, -0.1) is 0 Å². The molecule has 2 fully saturated rings. The van der Waals surface area contributed by atoms with Crippen LogP contribution in [0.3, 0.4) is 0 Å². The number of likely N-dealkylation sites (tertiary alicyclic amines) is 1. The summed E-state index contributed by atoms with van der Waals surface area (Å²) in [7, 11) is 0. The molecule has 126 valence electrons. The number of rotatable bonds is 4. The average Bonchev–Trinajstić information content (AvgIpc) is 3.17. The third kappa shape index (κ3) is 2.87. The molecule has 0 unspecified atom stereocenters. The molecule has 7 nitrogen and oxygen atoms in total. The van der Waals surface area contributed by atoms with Gasteiger partial charge < -0.3 is 9.32 Å². The molecule has 0 bridgehead atoms. The fourth-order valence-corrected chi connectivity index (χ4v) is 3.27. The quantitative estimate of drug-likeness (QED) is 0.783. The smallest absolute Gasteiger partial charge is 0.298 e. The summed E-state index contributed by atoms with van der Waals surface area (Å²) in [5.41, 5.74) is 1.68. The maximum Gasteiger partial charge on any atom is 0.298 e. The highest BCUT2D eigenvalue weighted by Crippen LogP contribution is 2.22. The minimum atomic E-state index is -0.0369. The summed E-state index contributed by atoms with van der Waals surface area (Å²) in [4.78, 5) is 33.6. The zero-order chi connectivity index (χ0) is 16.5. The van der Waals surface area contributed by atoms with Crippen molar-refractivity contribution in [2.75, 3.05) is 44.2 Å². The van der Waals surface area contributed by atoms with Crippen molar-refractivity contribution in [1.29, 1.82) is 0 Å². The Balaban J connectivity index is 1.31. The normalized spacial score (nSPS) is 19.7. The molecule has 1 aromatic heterocycles. The Bertz CT molecular complexity index is 715. The first kappa shape index (κ1) is 15.1. The summed E-state index contributed by atoms with van der Waals surface area (Å²) in [5.74, 6) is -0.0739. The summed E-state index contributed by atoms with van der Waals surface area (Å²) in [6.45, 7) is 4.63. The van der Waals surface area contributed by atoms with Crippen LogP contribution < -0.4 is 4.90 Å². The number of aromatic nitrogens is 1. The molecule has 2 aromatic rings. The zero-order valence-corrected chi connectivity index (χ0v) is 13.5. The number of carbonyl (C=O) groups excluding carboxylic acids is 2. The summed E-state index contributed by atoms with van der Waals surface area (Å²) < 4.78 is 5.81. The second-order valence-electron chi connectivity index (χ2n) is 6.23. The maximum atomic E-state index is 11.6. The number of fused-ring (bicyclic) bond motifs is 1. The van der Waals surface area contributed by atoms with Crippen molar-refractivity contribution < 1.29 is 14.0 Å². The van der Waals surface area contributed by atoms with E-state index in [-0.39, 0.29) is 11.8 Å². The van der Waals surface area contributed by atoms with Crippen LogP contribution in [0.5, 0.6) is 0 Å². The van der Waals surface area contributed by atoms with Crippen molar-refractivity contribution in [3.8, 4) is 0 Å². The first-order chi connectivity index (χ1) is 11.7. The van der Waals surface area contributed by atoms with Crippen molar-refractivity contribution in [2.24, 2.45) is 0 Å². The first-order valence-electron chi connectivity index (χ1n) is 8.37. The summed E-state index contributed by atoms with van der Waals surface area (Å²) in [6, 6.07) is 8.43. The van der Waals surface area contributed by atoms with E-state index >= 15 is 0 Å². The van der Waals surface area contributed by atoms with Gasteiger partial charge in [-0.25, -0.2) is 0 Å². The molecule has 0 saturated carbocycles. The fourth-order valence-electron chi connectivity index (χ4n) is 3.27. The van der Waals surface area contributed by atoms with Crippen molar-refractivity contribution in [1.82, 2.24) is 14.8 Å². The van der Waals surface area contributed by atoms with Gasteiger partial charge in [-0.2, -0.15) is 4.98 Å². The van der Waals surface area contributed by atoms with E-state index in [4.69, 9.17) is 4.42 Å². The molecule has 7 heteroatoms. The Kier molecular flexibility index (Phi) is 3.93. The van der Waals surface area contributed by atoms with Crippen LogP contribution in [0, 0.1) is 0 Å². The SMILES string of the molecule is O=C1CCC(=O)N1CCN1CCN(c2nc3ccccc3o2)CC1. The summed E-state index contributed by atoms with van der Waals surface area (Å²) in [5, 5.41) is 0. The van der Waals surface area contributed by atoms with Gasteiger partial charge >= 0.3 is 0 Å². The van der Waals surface area contributed by atoms with E-state index in [1.54, 1.807) is 0 Å². The van der Waals surface area contributed by atoms with Crippen LogP contribution >= 0.6 is 0 Å². The van der Waals surface area contributed by atoms with Crippen LogP contribution in [0.25, 0.3) is 11.1 Å². The number of benzene rings is 1. The van der Waals surface area contributed by atoms with Crippen LogP contribution in [0.1, 0.15) is 12.8 Å². The van der Waals surface area contributed by atoms with Crippen LogP contribution in [0.15, 0.2) is 28.7 Å². The van der Waals surface area contributed by atoms with Crippen molar-refractivity contribution in [3.63, 3.8) is 0 Å². The third-order valence-electron chi connectivity index (χ3n) is 4.72. The molecule has 0 aliphatic carbocycles. The van der Waals surface area contributed by atoms with Crippen molar-refractivity contribution in [3.05, 3.63) is 24.3 Å². The standard InChI is InChI=1S/C17H20N4O3/c22-15-5-6-16(23)21(15)12-9-19-7-10-20(11-8-19)17-18-13-3-1-2-4-14(13)24-17/h1-4H,5-12H2. The number of para-hydroxylation sites is 2. The van der Waals surface area contributed by atoms with Gasteiger partial charge in [0.1, 0.15) is 5.52 Å². The second kappa shape index (κ2) is 6.24. The number of amides is 2. The Labute approximate surface area is 139 Å². The average molecular weight is 328 g/mol. The number of oxazole rings is 1. The Morgan fingerprint density at radius 3 is 2.38 bits per heavy atom.